The fraction of sp³-hybridized carbons (Fsp3) is 1.00. The van der Waals surface area contributed by atoms with E-state index in [1.807, 2.05) is 0 Å². The molecule has 0 radical (unpaired) electrons. The van der Waals surface area contributed by atoms with Crippen molar-refractivity contribution in [3.8, 4) is 0 Å². The summed E-state index contributed by atoms with van der Waals surface area (Å²) in [5.74, 6) is 1.54. The summed E-state index contributed by atoms with van der Waals surface area (Å²) in [4.78, 5) is 2.57. The van der Waals surface area contributed by atoms with E-state index in [4.69, 9.17) is 16.3 Å². The summed E-state index contributed by atoms with van der Waals surface area (Å²) >= 11 is 5.89. The number of nitrogens with zero attached hydrogens (tertiary/aromatic N) is 1. The maximum atomic E-state index is 5.89. The van der Waals surface area contributed by atoms with Crippen LogP contribution in [-0.4, -0.2) is 43.1 Å². The lowest BCUT2D eigenvalue weighted by Gasteiger charge is -2.35. The first kappa shape index (κ1) is 9.75. The van der Waals surface area contributed by atoms with Gasteiger partial charge in [0, 0.05) is 25.1 Å². The van der Waals surface area contributed by atoms with Gasteiger partial charge in [-0.25, -0.2) is 0 Å². The molecule has 0 aliphatic carbocycles. The molecule has 76 valence electrons. The van der Waals surface area contributed by atoms with Gasteiger partial charge < -0.3 is 4.74 Å². The van der Waals surface area contributed by atoms with Gasteiger partial charge in [0.2, 0.25) is 0 Å². The molecule has 0 amide bonds. The number of alkyl halides is 1. The molecule has 2 fully saturated rings. The van der Waals surface area contributed by atoms with E-state index >= 15 is 0 Å². The van der Waals surface area contributed by atoms with Crippen LogP contribution in [0.5, 0.6) is 0 Å². The molecule has 0 saturated carbocycles. The second kappa shape index (κ2) is 4.63. The second-order valence-electron chi connectivity index (χ2n) is 4.17. The van der Waals surface area contributed by atoms with Crippen LogP contribution in [0.4, 0.5) is 0 Å². The van der Waals surface area contributed by atoms with Gasteiger partial charge in [0.05, 0.1) is 6.61 Å². The van der Waals surface area contributed by atoms with Crippen LogP contribution in [-0.2, 0) is 4.74 Å². The molecule has 0 bridgehead atoms. The lowest BCUT2D eigenvalue weighted by Crippen LogP contribution is -2.43. The molecule has 2 rings (SSSR count). The van der Waals surface area contributed by atoms with Gasteiger partial charge in [0.15, 0.2) is 0 Å². The zero-order valence-corrected chi connectivity index (χ0v) is 8.80. The van der Waals surface area contributed by atoms with Gasteiger partial charge in [0.1, 0.15) is 0 Å². The third-order valence-electron chi connectivity index (χ3n) is 3.19. The molecule has 2 saturated heterocycles. The first-order valence-corrected chi connectivity index (χ1v) is 5.81. The third-order valence-corrected chi connectivity index (χ3v) is 3.63. The Bertz CT molecular complexity index is 159. The van der Waals surface area contributed by atoms with Gasteiger partial charge in [-0.2, -0.15) is 0 Å². The first-order valence-electron chi connectivity index (χ1n) is 5.28. The van der Waals surface area contributed by atoms with Crippen molar-refractivity contribution < 1.29 is 4.74 Å². The number of halogens is 1. The fourth-order valence-electron chi connectivity index (χ4n) is 2.36. The Morgan fingerprint density at radius 2 is 2.31 bits per heavy atom. The Morgan fingerprint density at radius 3 is 3.00 bits per heavy atom. The van der Waals surface area contributed by atoms with Gasteiger partial charge >= 0.3 is 0 Å². The number of hydrogen-bond donors (Lipinski definition) is 0. The highest BCUT2D eigenvalue weighted by Crippen LogP contribution is 2.22. The Labute approximate surface area is 85.2 Å². The van der Waals surface area contributed by atoms with Crippen molar-refractivity contribution in [1.82, 2.24) is 4.90 Å². The normalized spacial score (nSPS) is 36.7. The topological polar surface area (TPSA) is 12.5 Å². The van der Waals surface area contributed by atoms with E-state index in [1.54, 1.807) is 0 Å². The molecule has 2 nitrogen and oxygen atoms in total. The van der Waals surface area contributed by atoms with Crippen molar-refractivity contribution in [2.45, 2.75) is 25.3 Å². The molecular formula is C10H18ClNO. The Balaban J connectivity index is 1.84. The smallest absolute Gasteiger partial charge is 0.0622 e. The van der Waals surface area contributed by atoms with E-state index < -0.39 is 0 Å². The molecule has 2 unspecified atom stereocenters. The molecule has 0 aromatic rings. The van der Waals surface area contributed by atoms with Crippen molar-refractivity contribution >= 4 is 11.6 Å². The van der Waals surface area contributed by atoms with Crippen LogP contribution in [0.3, 0.4) is 0 Å². The molecule has 0 aromatic carbocycles. The number of ether oxygens (including phenoxy) is 1. The van der Waals surface area contributed by atoms with E-state index in [9.17, 15) is 0 Å². The Kier molecular flexibility index (Phi) is 3.47. The van der Waals surface area contributed by atoms with Crippen LogP contribution < -0.4 is 0 Å². The summed E-state index contributed by atoms with van der Waals surface area (Å²) in [6.07, 6.45) is 3.84. The number of hydrogen-bond acceptors (Lipinski definition) is 2. The quantitative estimate of drug-likeness (QED) is 0.634. The summed E-state index contributed by atoms with van der Waals surface area (Å²) in [6, 6.07) is 0.686. The highest BCUT2D eigenvalue weighted by Gasteiger charge is 2.27. The van der Waals surface area contributed by atoms with Crippen LogP contribution in [0.2, 0.25) is 0 Å². The predicted octanol–water partition coefficient (Wildman–Crippen LogP) is 1.73. The largest absolute Gasteiger partial charge is 0.380 e. The molecule has 2 atom stereocenters. The van der Waals surface area contributed by atoms with Crippen molar-refractivity contribution in [2.24, 2.45) is 5.92 Å². The molecule has 2 heterocycles. The fourth-order valence-corrected chi connectivity index (χ4v) is 2.62. The average Bonchev–Trinajstić information content (AvgIpc) is 2.71. The molecule has 0 aromatic heterocycles. The predicted molar refractivity (Wildman–Crippen MR) is 54.2 cm³/mol. The summed E-state index contributed by atoms with van der Waals surface area (Å²) in [5.41, 5.74) is 0. The van der Waals surface area contributed by atoms with Crippen molar-refractivity contribution in [2.75, 3.05) is 32.2 Å². The minimum absolute atomic E-state index is 0.686. The molecule has 2 aliphatic heterocycles. The summed E-state index contributed by atoms with van der Waals surface area (Å²) in [7, 11) is 0. The highest BCUT2D eigenvalue weighted by atomic mass is 35.5. The monoisotopic (exact) mass is 203 g/mol. The Morgan fingerprint density at radius 1 is 1.38 bits per heavy atom. The molecule has 2 aliphatic rings. The minimum atomic E-state index is 0.686. The summed E-state index contributed by atoms with van der Waals surface area (Å²) in [5, 5.41) is 0. The van der Waals surface area contributed by atoms with E-state index in [0.717, 1.165) is 25.0 Å². The van der Waals surface area contributed by atoms with Crippen LogP contribution >= 0.6 is 11.6 Å². The van der Waals surface area contributed by atoms with E-state index in [-0.39, 0.29) is 0 Å². The summed E-state index contributed by atoms with van der Waals surface area (Å²) < 4.78 is 5.40. The lowest BCUT2D eigenvalue weighted by molar-refractivity contribution is 0.109. The number of piperidine rings is 1. The maximum Gasteiger partial charge on any atom is 0.0622 e. The van der Waals surface area contributed by atoms with Crippen molar-refractivity contribution in [3.63, 3.8) is 0 Å². The van der Waals surface area contributed by atoms with Crippen LogP contribution in [0, 0.1) is 5.92 Å². The third kappa shape index (κ3) is 2.36. The van der Waals surface area contributed by atoms with E-state index in [1.165, 1.54) is 32.4 Å². The van der Waals surface area contributed by atoms with Gasteiger partial charge in [-0.05, 0) is 31.7 Å². The van der Waals surface area contributed by atoms with Crippen molar-refractivity contribution in [3.05, 3.63) is 0 Å². The van der Waals surface area contributed by atoms with Gasteiger partial charge in [-0.3, -0.25) is 4.90 Å². The maximum absolute atomic E-state index is 5.89. The van der Waals surface area contributed by atoms with Crippen molar-refractivity contribution in [1.29, 1.82) is 0 Å². The van der Waals surface area contributed by atoms with Crippen LogP contribution in [0.25, 0.3) is 0 Å². The standard InChI is InChI=1S/C10H18ClNO/c11-6-9-2-1-4-12(7-9)10-3-5-13-8-10/h9-10H,1-8H2. The second-order valence-corrected chi connectivity index (χ2v) is 4.48. The molecule has 0 N–H and O–H groups in total. The zero-order valence-electron chi connectivity index (χ0n) is 8.04. The van der Waals surface area contributed by atoms with Crippen LogP contribution in [0.1, 0.15) is 19.3 Å². The average molecular weight is 204 g/mol. The number of rotatable bonds is 2. The van der Waals surface area contributed by atoms with Gasteiger partial charge in [-0.15, -0.1) is 11.6 Å². The zero-order chi connectivity index (χ0) is 9.10. The number of likely N-dealkylation sites (tertiary alicyclic amines) is 1. The minimum Gasteiger partial charge on any atom is -0.380 e. The Hall–Kier alpha value is 0.210. The summed E-state index contributed by atoms with van der Waals surface area (Å²) in [6.45, 7) is 4.33. The molecule has 3 heteroatoms. The molecular weight excluding hydrogens is 186 g/mol. The first-order chi connectivity index (χ1) is 6.40. The van der Waals surface area contributed by atoms with Gasteiger partial charge in [0.25, 0.3) is 0 Å². The highest BCUT2D eigenvalue weighted by molar-refractivity contribution is 6.18. The lowest BCUT2D eigenvalue weighted by atomic mass is 9.98. The molecule has 13 heavy (non-hydrogen) atoms. The van der Waals surface area contributed by atoms with Crippen LogP contribution in [0.15, 0.2) is 0 Å². The SMILES string of the molecule is ClCC1CCCN(C2CCOC2)C1. The molecule has 0 spiro atoms. The van der Waals surface area contributed by atoms with Gasteiger partial charge in [-0.1, -0.05) is 0 Å². The van der Waals surface area contributed by atoms with E-state index in [0.29, 0.717) is 6.04 Å². The van der Waals surface area contributed by atoms with E-state index in [2.05, 4.69) is 4.90 Å².